The van der Waals surface area contributed by atoms with Crippen molar-refractivity contribution in [3.63, 3.8) is 0 Å². The van der Waals surface area contributed by atoms with Crippen molar-refractivity contribution in [2.24, 2.45) is 17.8 Å². The van der Waals surface area contributed by atoms with E-state index in [0.29, 0.717) is 36.3 Å². The van der Waals surface area contributed by atoms with Crippen molar-refractivity contribution in [3.8, 4) is 11.5 Å². The largest absolute Gasteiger partial charge is 0.391 e. The predicted molar refractivity (Wildman–Crippen MR) is 122 cm³/mol. The minimum atomic E-state index is -0.509. The lowest BCUT2D eigenvalue weighted by atomic mass is 9.52. The van der Waals surface area contributed by atoms with Gasteiger partial charge < -0.3 is 29.9 Å². The SMILES string of the molecule is O=C(c1noc(-c2cnc3[nH]ccc3c2N[C@H]2C3CC4CC2C[C@@](O)(C4)C3)n1)N1CCC(O)C1. The van der Waals surface area contributed by atoms with E-state index in [4.69, 9.17) is 4.52 Å². The van der Waals surface area contributed by atoms with Gasteiger partial charge in [0.2, 0.25) is 0 Å². The molecule has 3 atom stereocenters. The number of likely N-dealkylation sites (tertiary alicyclic amines) is 1. The van der Waals surface area contributed by atoms with Crippen LogP contribution >= 0.6 is 0 Å². The molecule has 3 unspecified atom stereocenters. The molecule has 1 amide bonds. The molecule has 1 aliphatic heterocycles. The Hall–Kier alpha value is -2.98. The maximum Gasteiger partial charge on any atom is 0.295 e. The zero-order valence-electron chi connectivity index (χ0n) is 18.8. The molecule has 178 valence electrons. The molecule has 5 fully saturated rings. The van der Waals surface area contributed by atoms with Crippen LogP contribution in [0.5, 0.6) is 0 Å². The van der Waals surface area contributed by atoms with Gasteiger partial charge in [0.15, 0.2) is 0 Å². The van der Waals surface area contributed by atoms with Gasteiger partial charge >= 0.3 is 0 Å². The summed E-state index contributed by atoms with van der Waals surface area (Å²) in [5, 5.41) is 29.4. The zero-order valence-corrected chi connectivity index (χ0v) is 18.8. The van der Waals surface area contributed by atoms with E-state index >= 15 is 0 Å². The molecule has 5 aliphatic rings. The summed E-state index contributed by atoms with van der Waals surface area (Å²) in [6.07, 6.45) is 8.53. The van der Waals surface area contributed by atoms with Gasteiger partial charge in [-0.15, -0.1) is 0 Å². The second kappa shape index (κ2) is 7.26. The number of β-amino-alcohol motifs (C(OH)–C–C–N with tert-alkyl or cyclic N) is 1. The van der Waals surface area contributed by atoms with Crippen molar-refractivity contribution >= 4 is 22.6 Å². The average molecular weight is 465 g/mol. The van der Waals surface area contributed by atoms with Gasteiger partial charge in [0.05, 0.1) is 23.0 Å². The third-order valence-corrected chi connectivity index (χ3v) is 8.44. The highest BCUT2D eigenvalue weighted by molar-refractivity contribution is 5.97. The Labute approximate surface area is 195 Å². The first-order valence-electron chi connectivity index (χ1n) is 12.2. The summed E-state index contributed by atoms with van der Waals surface area (Å²) < 4.78 is 5.55. The number of H-pyrrole nitrogens is 1. The zero-order chi connectivity index (χ0) is 23.0. The Morgan fingerprint density at radius 3 is 2.82 bits per heavy atom. The third kappa shape index (κ3) is 3.15. The van der Waals surface area contributed by atoms with Gasteiger partial charge in [0, 0.05) is 36.9 Å². The molecule has 0 spiro atoms. The molecule has 4 bridgehead atoms. The fourth-order valence-corrected chi connectivity index (χ4v) is 7.20. The third-order valence-electron chi connectivity index (χ3n) is 8.44. The average Bonchev–Trinajstić information content (AvgIpc) is 3.55. The molecule has 10 nitrogen and oxygen atoms in total. The second-order valence-corrected chi connectivity index (χ2v) is 10.8. The number of hydrogen-bond acceptors (Lipinski definition) is 8. The summed E-state index contributed by atoms with van der Waals surface area (Å²) in [5.74, 6) is 1.36. The van der Waals surface area contributed by atoms with E-state index < -0.39 is 11.7 Å². The Balaban J connectivity index is 1.23. The minimum absolute atomic E-state index is 0.0129. The number of carbonyl (C=O) groups excluding carboxylic acids is 1. The molecule has 8 rings (SSSR count). The molecular formula is C24H28N6O4. The smallest absolute Gasteiger partial charge is 0.295 e. The van der Waals surface area contributed by atoms with Crippen molar-refractivity contribution in [2.75, 3.05) is 18.4 Å². The van der Waals surface area contributed by atoms with Crippen LogP contribution in [0.1, 0.15) is 49.1 Å². The number of carbonyl (C=O) groups is 1. The highest BCUT2D eigenvalue weighted by Gasteiger charge is 2.54. The number of aliphatic hydroxyl groups excluding tert-OH is 1. The van der Waals surface area contributed by atoms with Gasteiger partial charge in [0.25, 0.3) is 17.6 Å². The van der Waals surface area contributed by atoms with Crippen molar-refractivity contribution in [1.82, 2.24) is 25.0 Å². The Morgan fingerprint density at radius 1 is 1.26 bits per heavy atom. The first-order valence-corrected chi connectivity index (χ1v) is 12.2. The number of aliphatic hydroxyl groups is 2. The standard InChI is InChI=1S/C24H28N6O4/c31-15-2-4-30(11-15)23(32)21-28-22(34-29-21)17-10-26-20-16(1-3-25-20)19(17)27-18-13-5-12-6-14(18)9-24(33,7-12)8-13/h1,3,10,12-15,18,31,33H,2,4-9,11H2,(H2,25,26,27)/t12?,13?,14?,15?,18-,24+. The van der Waals surface area contributed by atoms with Crippen molar-refractivity contribution in [2.45, 2.75) is 56.3 Å². The fourth-order valence-electron chi connectivity index (χ4n) is 7.20. The highest BCUT2D eigenvalue weighted by Crippen LogP contribution is 2.56. The van der Waals surface area contributed by atoms with Gasteiger partial charge in [-0.2, -0.15) is 4.98 Å². The number of aromatic amines is 1. The number of hydrogen-bond donors (Lipinski definition) is 4. The first kappa shape index (κ1) is 20.4. The summed E-state index contributed by atoms with van der Waals surface area (Å²) >= 11 is 0. The van der Waals surface area contributed by atoms with Gasteiger partial charge in [-0.3, -0.25) is 4.79 Å². The predicted octanol–water partition coefficient (Wildman–Crippen LogP) is 2.17. The molecule has 3 aromatic rings. The maximum atomic E-state index is 12.8. The van der Waals surface area contributed by atoms with Crippen LogP contribution in [0, 0.1) is 17.8 Å². The summed E-state index contributed by atoms with van der Waals surface area (Å²) in [6, 6.07) is 2.23. The number of pyridine rings is 1. The molecule has 0 aromatic carbocycles. The van der Waals surface area contributed by atoms with Crippen molar-refractivity contribution in [1.29, 1.82) is 0 Å². The van der Waals surface area contributed by atoms with Crippen LogP contribution in [0.3, 0.4) is 0 Å². The number of nitrogens with zero attached hydrogens (tertiary/aromatic N) is 4. The highest BCUT2D eigenvalue weighted by atomic mass is 16.5. The molecule has 10 heteroatoms. The minimum Gasteiger partial charge on any atom is -0.391 e. The van der Waals surface area contributed by atoms with Crippen LogP contribution in [0.4, 0.5) is 5.69 Å². The van der Waals surface area contributed by atoms with E-state index in [1.54, 1.807) is 11.1 Å². The summed E-state index contributed by atoms with van der Waals surface area (Å²) in [5.41, 5.74) is 1.79. The van der Waals surface area contributed by atoms with Crippen LogP contribution in [0.25, 0.3) is 22.5 Å². The van der Waals surface area contributed by atoms with E-state index in [2.05, 4.69) is 25.4 Å². The molecule has 0 radical (unpaired) electrons. The maximum absolute atomic E-state index is 12.8. The molecular weight excluding hydrogens is 436 g/mol. The normalized spacial score (nSPS) is 34.3. The van der Waals surface area contributed by atoms with Crippen LogP contribution in [-0.4, -0.2) is 72.0 Å². The number of aromatic nitrogens is 4. The molecule has 34 heavy (non-hydrogen) atoms. The number of fused-ring (bicyclic) bond motifs is 1. The Kier molecular flexibility index (Phi) is 4.35. The lowest BCUT2D eigenvalue weighted by Crippen LogP contribution is -2.59. The van der Waals surface area contributed by atoms with E-state index in [0.717, 1.165) is 48.8 Å². The van der Waals surface area contributed by atoms with E-state index in [-0.39, 0.29) is 30.2 Å². The van der Waals surface area contributed by atoms with Crippen LogP contribution < -0.4 is 5.32 Å². The lowest BCUT2D eigenvalue weighted by molar-refractivity contribution is -0.129. The molecule has 4 heterocycles. The number of amides is 1. The van der Waals surface area contributed by atoms with Gasteiger partial charge in [0.1, 0.15) is 5.65 Å². The molecule has 1 saturated heterocycles. The Bertz CT molecular complexity index is 1250. The second-order valence-electron chi connectivity index (χ2n) is 10.8. The van der Waals surface area contributed by atoms with Gasteiger partial charge in [-0.25, -0.2) is 4.98 Å². The number of rotatable bonds is 4. The van der Waals surface area contributed by atoms with Crippen molar-refractivity contribution in [3.05, 3.63) is 24.3 Å². The van der Waals surface area contributed by atoms with E-state index in [1.807, 2.05) is 12.3 Å². The molecule has 4 aliphatic carbocycles. The van der Waals surface area contributed by atoms with Crippen LogP contribution in [-0.2, 0) is 0 Å². The molecule has 3 aromatic heterocycles. The van der Waals surface area contributed by atoms with E-state index in [1.165, 1.54) is 0 Å². The van der Waals surface area contributed by atoms with Crippen LogP contribution in [0.2, 0.25) is 0 Å². The summed E-state index contributed by atoms with van der Waals surface area (Å²) in [7, 11) is 0. The fraction of sp³-hybridized carbons (Fsp3) is 0.583. The number of anilines is 1. The molecule has 4 saturated carbocycles. The molecule has 4 N–H and O–H groups in total. The van der Waals surface area contributed by atoms with Crippen LogP contribution in [0.15, 0.2) is 23.0 Å². The van der Waals surface area contributed by atoms with E-state index in [9.17, 15) is 15.0 Å². The van der Waals surface area contributed by atoms with Gasteiger partial charge in [-0.05, 0) is 62.3 Å². The monoisotopic (exact) mass is 464 g/mol. The van der Waals surface area contributed by atoms with Crippen molar-refractivity contribution < 1.29 is 19.5 Å². The summed E-state index contributed by atoms with van der Waals surface area (Å²) in [6.45, 7) is 0.759. The number of nitrogens with one attached hydrogen (secondary N) is 2. The summed E-state index contributed by atoms with van der Waals surface area (Å²) in [4.78, 5) is 26.4. The quantitative estimate of drug-likeness (QED) is 0.461. The lowest BCUT2D eigenvalue weighted by Gasteiger charge is -2.58. The topological polar surface area (TPSA) is 140 Å². The first-order chi connectivity index (χ1) is 16.5. The van der Waals surface area contributed by atoms with Gasteiger partial charge in [-0.1, -0.05) is 5.16 Å². The Morgan fingerprint density at radius 2 is 2.09 bits per heavy atom.